The van der Waals surface area contributed by atoms with E-state index >= 15 is 0 Å². The number of alkyl halides is 3. The molecule has 1 saturated heterocycles. The summed E-state index contributed by atoms with van der Waals surface area (Å²) in [6, 6.07) is 10.6. The van der Waals surface area contributed by atoms with Gasteiger partial charge >= 0.3 is 12.1 Å². The van der Waals surface area contributed by atoms with E-state index in [1.807, 2.05) is 0 Å². The largest absolute Gasteiger partial charge is 0.477 e. The molecule has 1 aliphatic heterocycles. The minimum atomic E-state index is -4.70. The Morgan fingerprint density at radius 1 is 1.10 bits per heavy atom. The number of benzene rings is 2. The molecule has 216 valence electrons. The number of aromatic nitrogens is 2. The van der Waals surface area contributed by atoms with Crippen LogP contribution >= 0.6 is 23.2 Å². The van der Waals surface area contributed by atoms with Crippen molar-refractivity contribution in [2.24, 2.45) is 11.3 Å². The molecule has 1 spiro atoms. The number of halogens is 5. The number of aromatic carboxylic acids is 1. The van der Waals surface area contributed by atoms with Crippen molar-refractivity contribution in [2.75, 3.05) is 18.0 Å². The number of carboxylic acid groups (broad SMARTS) is 1. The number of fused-ring (bicyclic) bond motifs is 1. The fourth-order valence-electron chi connectivity index (χ4n) is 6.40. The van der Waals surface area contributed by atoms with Gasteiger partial charge in [-0.3, -0.25) is 0 Å². The molecule has 2 aromatic heterocycles. The third-order valence-corrected chi connectivity index (χ3v) is 9.19. The average Bonchev–Trinajstić information content (AvgIpc) is 3.65. The molecule has 3 aliphatic rings. The summed E-state index contributed by atoms with van der Waals surface area (Å²) < 4.78 is 47.0. The van der Waals surface area contributed by atoms with Crippen molar-refractivity contribution < 1.29 is 27.6 Å². The van der Waals surface area contributed by atoms with Crippen LogP contribution in [0.2, 0.25) is 10.0 Å². The molecule has 11 heteroatoms. The van der Waals surface area contributed by atoms with Gasteiger partial charge in [-0.2, -0.15) is 13.2 Å². The van der Waals surface area contributed by atoms with Crippen LogP contribution in [-0.2, 0) is 6.18 Å². The van der Waals surface area contributed by atoms with E-state index in [1.54, 1.807) is 24.3 Å². The molecule has 7 rings (SSSR count). The predicted octanol–water partition coefficient (Wildman–Crippen LogP) is 8.72. The van der Waals surface area contributed by atoms with E-state index < -0.39 is 23.4 Å². The smallest absolute Gasteiger partial charge is 0.417 e. The summed E-state index contributed by atoms with van der Waals surface area (Å²) >= 11 is 12.9. The number of hydrogen-bond acceptors (Lipinski definition) is 5. The van der Waals surface area contributed by atoms with E-state index in [2.05, 4.69) is 27.2 Å². The number of nitrogens with zero attached hydrogens (tertiary/aromatic N) is 3. The molecular formula is C31H24Cl2F3N3O3. The van der Waals surface area contributed by atoms with Gasteiger partial charge in [0, 0.05) is 46.6 Å². The monoisotopic (exact) mass is 613 g/mol. The first-order valence-electron chi connectivity index (χ1n) is 13.6. The van der Waals surface area contributed by atoms with Gasteiger partial charge in [-0.15, -0.1) is 0 Å². The zero-order valence-electron chi connectivity index (χ0n) is 22.1. The lowest BCUT2D eigenvalue weighted by molar-refractivity contribution is -0.136. The summed E-state index contributed by atoms with van der Waals surface area (Å²) in [6.45, 7) is 1.48. The van der Waals surface area contributed by atoms with Gasteiger partial charge in [-0.1, -0.05) is 46.6 Å². The SMILES string of the molecule is O=C(O)c1cc(C(F)(F)F)c2cc(N3CC4(CC(C=Cc5c(-c6c(Cl)cccc6Cl)noc5C5CC5)C4)C3)ccc2n1. The van der Waals surface area contributed by atoms with Crippen LogP contribution in [0.25, 0.3) is 28.2 Å². The first-order chi connectivity index (χ1) is 20.0. The maximum absolute atomic E-state index is 13.8. The summed E-state index contributed by atoms with van der Waals surface area (Å²) in [4.78, 5) is 17.3. The summed E-state index contributed by atoms with van der Waals surface area (Å²) in [5.74, 6) is 0.0728. The number of allylic oxidation sites excluding steroid dienone is 1. The van der Waals surface area contributed by atoms with Crippen LogP contribution < -0.4 is 4.90 Å². The highest BCUT2D eigenvalue weighted by Crippen LogP contribution is 2.54. The van der Waals surface area contributed by atoms with Gasteiger partial charge in [0.05, 0.1) is 21.1 Å². The van der Waals surface area contributed by atoms with E-state index in [9.17, 15) is 23.1 Å². The maximum atomic E-state index is 13.8. The standard InChI is InChI=1S/C31H24Cl2F3N3O3/c32-22-2-1-3-23(33)26(22)27-19(28(42-38-27)17-5-6-17)8-4-16-12-30(13-16)14-39(15-30)18-7-9-24-20(10-18)21(31(34,35)36)11-25(37-24)29(40)41/h1-4,7-11,16-17H,5-6,12-15H2,(H,40,41). The molecule has 3 heterocycles. The van der Waals surface area contributed by atoms with Crippen LogP contribution in [0.3, 0.4) is 0 Å². The first kappa shape index (κ1) is 27.3. The molecule has 2 saturated carbocycles. The Morgan fingerprint density at radius 3 is 2.45 bits per heavy atom. The van der Waals surface area contributed by atoms with Crippen LogP contribution in [0.5, 0.6) is 0 Å². The van der Waals surface area contributed by atoms with Gasteiger partial charge in [-0.25, -0.2) is 9.78 Å². The van der Waals surface area contributed by atoms with Crippen LogP contribution in [0.1, 0.15) is 59.0 Å². The third-order valence-electron chi connectivity index (χ3n) is 8.56. The van der Waals surface area contributed by atoms with Crippen LogP contribution in [0.4, 0.5) is 18.9 Å². The van der Waals surface area contributed by atoms with Crippen molar-refractivity contribution >= 4 is 51.8 Å². The van der Waals surface area contributed by atoms with E-state index in [1.165, 1.54) is 12.1 Å². The summed E-state index contributed by atoms with van der Waals surface area (Å²) in [5.41, 5.74) is 1.39. The zero-order chi connectivity index (χ0) is 29.4. The minimum absolute atomic E-state index is 0.00630. The molecule has 0 bridgehead atoms. The van der Waals surface area contributed by atoms with E-state index in [0.717, 1.165) is 50.1 Å². The third kappa shape index (κ3) is 4.72. The number of rotatable bonds is 6. The van der Waals surface area contributed by atoms with Crippen LogP contribution in [0.15, 0.2) is 53.1 Å². The van der Waals surface area contributed by atoms with Gasteiger partial charge < -0.3 is 14.5 Å². The lowest BCUT2D eigenvalue weighted by atomic mass is 9.57. The maximum Gasteiger partial charge on any atom is 0.417 e. The molecule has 3 fully saturated rings. The second-order valence-corrected chi connectivity index (χ2v) is 12.4. The number of carbonyl (C=O) groups is 1. The number of pyridine rings is 1. The van der Waals surface area contributed by atoms with Gasteiger partial charge in [0.15, 0.2) is 0 Å². The van der Waals surface area contributed by atoms with E-state index in [-0.39, 0.29) is 16.3 Å². The van der Waals surface area contributed by atoms with E-state index in [0.29, 0.717) is 44.9 Å². The summed E-state index contributed by atoms with van der Waals surface area (Å²) in [7, 11) is 0. The van der Waals surface area contributed by atoms with Gasteiger partial charge in [0.1, 0.15) is 17.1 Å². The van der Waals surface area contributed by atoms with Crippen molar-refractivity contribution in [2.45, 2.75) is 37.8 Å². The molecule has 1 N–H and O–H groups in total. The molecule has 2 aromatic carbocycles. The molecule has 6 nitrogen and oxygen atoms in total. The Bertz CT molecular complexity index is 1750. The minimum Gasteiger partial charge on any atom is -0.477 e. The van der Waals surface area contributed by atoms with Gasteiger partial charge in [-0.05, 0) is 68.0 Å². The molecule has 0 atom stereocenters. The summed E-state index contributed by atoms with van der Waals surface area (Å²) in [5, 5.41) is 14.5. The number of carboxylic acids is 1. The van der Waals surface area contributed by atoms with Gasteiger partial charge in [0.2, 0.25) is 0 Å². The van der Waals surface area contributed by atoms with Crippen LogP contribution in [-0.4, -0.2) is 34.3 Å². The Labute approximate surface area is 248 Å². The Balaban J connectivity index is 1.07. The first-order valence-corrected chi connectivity index (χ1v) is 14.4. The topological polar surface area (TPSA) is 79.5 Å². The quantitative estimate of drug-likeness (QED) is 0.234. The second-order valence-electron chi connectivity index (χ2n) is 11.6. The average molecular weight is 614 g/mol. The Kier molecular flexibility index (Phi) is 6.33. The zero-order valence-corrected chi connectivity index (χ0v) is 23.6. The summed E-state index contributed by atoms with van der Waals surface area (Å²) in [6.07, 6.45) is 3.63. The number of anilines is 1. The lowest BCUT2D eigenvalue weighted by Gasteiger charge is -2.59. The normalized spacial score (nSPS) is 18.5. The molecule has 0 amide bonds. The molecule has 0 radical (unpaired) electrons. The Hall–Kier alpha value is -3.56. The molecule has 0 unspecified atom stereocenters. The van der Waals surface area contributed by atoms with Crippen molar-refractivity contribution in [3.05, 3.63) is 81.2 Å². The van der Waals surface area contributed by atoms with Crippen molar-refractivity contribution in [3.63, 3.8) is 0 Å². The highest BCUT2D eigenvalue weighted by molar-refractivity contribution is 6.39. The fourth-order valence-corrected chi connectivity index (χ4v) is 6.97. The second kappa shape index (κ2) is 9.74. The number of hydrogen-bond donors (Lipinski definition) is 1. The van der Waals surface area contributed by atoms with E-state index in [4.69, 9.17) is 27.7 Å². The molecule has 42 heavy (non-hydrogen) atoms. The van der Waals surface area contributed by atoms with Gasteiger partial charge in [0.25, 0.3) is 0 Å². The van der Waals surface area contributed by atoms with Crippen molar-refractivity contribution in [3.8, 4) is 11.3 Å². The van der Waals surface area contributed by atoms with Crippen molar-refractivity contribution in [1.29, 1.82) is 0 Å². The highest BCUT2D eigenvalue weighted by Gasteiger charge is 2.51. The molecular weight excluding hydrogens is 590 g/mol. The molecule has 2 aliphatic carbocycles. The van der Waals surface area contributed by atoms with Crippen LogP contribution in [0, 0.1) is 11.3 Å². The molecule has 4 aromatic rings. The Morgan fingerprint density at radius 2 is 1.81 bits per heavy atom. The predicted molar refractivity (Wildman–Crippen MR) is 154 cm³/mol. The lowest BCUT2D eigenvalue weighted by Crippen LogP contribution is -2.62. The fraction of sp³-hybridized carbons (Fsp3) is 0.323. The van der Waals surface area contributed by atoms with Crippen molar-refractivity contribution in [1.82, 2.24) is 10.1 Å². The highest BCUT2D eigenvalue weighted by atomic mass is 35.5.